The maximum atomic E-state index is 12.0. The van der Waals surface area contributed by atoms with Gasteiger partial charge in [-0.1, -0.05) is 19.0 Å². The van der Waals surface area contributed by atoms with Gasteiger partial charge < -0.3 is 20.3 Å². The molecule has 6 nitrogen and oxygen atoms in total. The maximum Gasteiger partial charge on any atom is 0.319 e. The Morgan fingerprint density at radius 2 is 2.16 bits per heavy atom. The van der Waals surface area contributed by atoms with Gasteiger partial charge in [0.05, 0.1) is 0 Å². The molecule has 0 aliphatic rings. The van der Waals surface area contributed by atoms with E-state index in [9.17, 15) is 4.79 Å². The van der Waals surface area contributed by atoms with Gasteiger partial charge in [-0.3, -0.25) is 0 Å². The molecule has 0 saturated heterocycles. The first-order valence-electron chi connectivity index (χ1n) is 6.61. The molecule has 0 radical (unpaired) electrons. The van der Waals surface area contributed by atoms with Crippen molar-refractivity contribution in [2.75, 3.05) is 11.9 Å². The molecular weight excluding hydrogens is 246 g/mol. The number of carbonyl (C=O) groups is 1. The molecule has 0 aliphatic carbocycles. The van der Waals surface area contributed by atoms with Gasteiger partial charge in [0.1, 0.15) is 11.4 Å². The molecular formula is C13H23N3O3. The molecule has 0 aliphatic heterocycles. The zero-order chi connectivity index (χ0) is 14.5. The highest BCUT2D eigenvalue weighted by molar-refractivity contribution is 5.90. The number of urea groups is 1. The molecule has 1 unspecified atom stereocenters. The van der Waals surface area contributed by atoms with Gasteiger partial charge in [0.25, 0.3) is 0 Å². The Morgan fingerprint density at radius 3 is 2.68 bits per heavy atom. The second-order valence-corrected chi connectivity index (χ2v) is 4.88. The van der Waals surface area contributed by atoms with Gasteiger partial charge >= 0.3 is 6.03 Å². The lowest BCUT2D eigenvalue weighted by molar-refractivity contribution is 0.208. The highest BCUT2D eigenvalue weighted by Crippen LogP contribution is 2.21. The number of anilines is 1. The highest BCUT2D eigenvalue weighted by atomic mass is 16.5. The lowest BCUT2D eigenvalue weighted by Gasteiger charge is -2.28. The van der Waals surface area contributed by atoms with E-state index in [1.807, 2.05) is 20.8 Å². The highest BCUT2D eigenvalue weighted by Gasteiger charge is 2.24. The summed E-state index contributed by atoms with van der Waals surface area (Å²) in [7, 11) is 0. The van der Waals surface area contributed by atoms with Gasteiger partial charge in [-0.05, 0) is 33.1 Å². The number of nitrogens with zero attached hydrogens (tertiary/aromatic N) is 1. The molecule has 6 heteroatoms. The first kappa shape index (κ1) is 15.5. The number of amides is 2. The van der Waals surface area contributed by atoms with Gasteiger partial charge in [0.15, 0.2) is 5.76 Å². The molecule has 1 heterocycles. The SMILES string of the molecule is CCc1noc(C)c1NC(=O)NC(C)(CC)CCO. The van der Waals surface area contributed by atoms with Crippen LogP contribution in [0.15, 0.2) is 4.52 Å². The molecule has 0 fully saturated rings. The Labute approximate surface area is 113 Å². The monoisotopic (exact) mass is 269 g/mol. The van der Waals surface area contributed by atoms with Crippen molar-refractivity contribution in [1.82, 2.24) is 10.5 Å². The van der Waals surface area contributed by atoms with E-state index in [1.54, 1.807) is 6.92 Å². The fourth-order valence-corrected chi connectivity index (χ4v) is 1.81. The van der Waals surface area contributed by atoms with Crippen LogP contribution in [0.2, 0.25) is 0 Å². The van der Waals surface area contributed by atoms with Crippen LogP contribution in [-0.2, 0) is 6.42 Å². The average Bonchev–Trinajstić information content (AvgIpc) is 2.70. The van der Waals surface area contributed by atoms with E-state index >= 15 is 0 Å². The first-order valence-corrected chi connectivity index (χ1v) is 6.61. The summed E-state index contributed by atoms with van der Waals surface area (Å²) in [6.45, 7) is 7.62. The summed E-state index contributed by atoms with van der Waals surface area (Å²) in [5, 5.41) is 18.6. The second kappa shape index (κ2) is 6.56. The largest absolute Gasteiger partial charge is 0.396 e. The van der Waals surface area contributed by atoms with Gasteiger partial charge in [0, 0.05) is 12.1 Å². The van der Waals surface area contributed by atoms with Crippen LogP contribution in [0.25, 0.3) is 0 Å². The number of carbonyl (C=O) groups excluding carboxylic acids is 1. The number of aliphatic hydroxyl groups excluding tert-OH is 1. The number of aliphatic hydroxyl groups is 1. The van der Waals surface area contributed by atoms with Crippen LogP contribution in [0, 0.1) is 6.92 Å². The topological polar surface area (TPSA) is 87.4 Å². The maximum absolute atomic E-state index is 12.0. The van der Waals surface area contributed by atoms with Crippen molar-refractivity contribution in [2.45, 2.75) is 52.5 Å². The van der Waals surface area contributed by atoms with E-state index in [0.29, 0.717) is 24.3 Å². The van der Waals surface area contributed by atoms with Crippen molar-refractivity contribution in [3.05, 3.63) is 11.5 Å². The van der Waals surface area contributed by atoms with Gasteiger partial charge in [0.2, 0.25) is 0 Å². The first-order chi connectivity index (χ1) is 8.95. The van der Waals surface area contributed by atoms with E-state index in [-0.39, 0.29) is 12.6 Å². The molecule has 1 atom stereocenters. The summed E-state index contributed by atoms with van der Waals surface area (Å²) < 4.78 is 5.06. The molecule has 0 saturated carbocycles. The van der Waals surface area contributed by atoms with E-state index in [1.165, 1.54) is 0 Å². The van der Waals surface area contributed by atoms with Crippen LogP contribution in [0.5, 0.6) is 0 Å². The van der Waals surface area contributed by atoms with E-state index in [2.05, 4.69) is 15.8 Å². The van der Waals surface area contributed by atoms with Crippen molar-refractivity contribution in [3.8, 4) is 0 Å². The summed E-state index contributed by atoms with van der Waals surface area (Å²) in [5.41, 5.74) is 0.937. The normalized spacial score (nSPS) is 13.9. The van der Waals surface area contributed by atoms with Gasteiger partial charge in [-0.15, -0.1) is 0 Å². The lowest BCUT2D eigenvalue weighted by atomic mass is 9.95. The van der Waals surface area contributed by atoms with E-state index in [0.717, 1.165) is 12.1 Å². The van der Waals surface area contributed by atoms with Crippen LogP contribution in [0.3, 0.4) is 0 Å². The predicted octanol–water partition coefficient (Wildman–Crippen LogP) is 2.22. The Morgan fingerprint density at radius 1 is 1.47 bits per heavy atom. The lowest BCUT2D eigenvalue weighted by Crippen LogP contribution is -2.48. The minimum Gasteiger partial charge on any atom is -0.396 e. The summed E-state index contributed by atoms with van der Waals surface area (Å²) in [6, 6.07) is -0.307. The third kappa shape index (κ3) is 3.96. The zero-order valence-electron chi connectivity index (χ0n) is 12.0. The van der Waals surface area contributed by atoms with Crippen LogP contribution < -0.4 is 10.6 Å². The second-order valence-electron chi connectivity index (χ2n) is 4.88. The standard InChI is InChI=1S/C13H23N3O3/c1-5-10-11(9(3)19-16-10)14-12(18)15-13(4,6-2)7-8-17/h17H,5-8H2,1-4H3,(H2,14,15,18). The third-order valence-corrected chi connectivity index (χ3v) is 3.37. The molecule has 0 aromatic carbocycles. The van der Waals surface area contributed by atoms with Gasteiger partial charge in [-0.2, -0.15) is 0 Å². The summed E-state index contributed by atoms with van der Waals surface area (Å²) in [6.07, 6.45) is 1.94. The van der Waals surface area contributed by atoms with E-state index in [4.69, 9.17) is 9.63 Å². The molecule has 3 N–H and O–H groups in total. The molecule has 0 bridgehead atoms. The Bertz CT molecular complexity index is 431. The molecule has 0 spiro atoms. The van der Waals surface area contributed by atoms with Crippen molar-refractivity contribution in [3.63, 3.8) is 0 Å². The Kier molecular flexibility index (Phi) is 5.35. The van der Waals surface area contributed by atoms with E-state index < -0.39 is 5.54 Å². The molecule has 1 aromatic heterocycles. The van der Waals surface area contributed by atoms with Crippen molar-refractivity contribution >= 4 is 11.7 Å². The Balaban J connectivity index is 2.72. The molecule has 2 amide bonds. The minimum absolute atomic E-state index is 0.0388. The zero-order valence-corrected chi connectivity index (χ0v) is 12.0. The fraction of sp³-hybridized carbons (Fsp3) is 0.692. The number of nitrogens with one attached hydrogen (secondary N) is 2. The smallest absolute Gasteiger partial charge is 0.319 e. The summed E-state index contributed by atoms with van der Waals surface area (Å²) >= 11 is 0. The fourth-order valence-electron chi connectivity index (χ4n) is 1.81. The van der Waals surface area contributed by atoms with Crippen LogP contribution >= 0.6 is 0 Å². The predicted molar refractivity (Wildman–Crippen MR) is 73.2 cm³/mol. The minimum atomic E-state index is -0.420. The Hall–Kier alpha value is -1.56. The number of hydrogen-bond acceptors (Lipinski definition) is 4. The molecule has 108 valence electrons. The van der Waals surface area contributed by atoms with Crippen LogP contribution in [0.4, 0.5) is 10.5 Å². The molecule has 1 aromatic rings. The van der Waals surface area contributed by atoms with Crippen LogP contribution in [-0.4, -0.2) is 28.4 Å². The third-order valence-electron chi connectivity index (χ3n) is 3.37. The molecule has 1 rings (SSSR count). The number of hydrogen-bond donors (Lipinski definition) is 3. The number of rotatable bonds is 6. The van der Waals surface area contributed by atoms with Crippen molar-refractivity contribution in [1.29, 1.82) is 0 Å². The summed E-state index contributed by atoms with van der Waals surface area (Å²) in [5.74, 6) is 0.590. The molecule has 19 heavy (non-hydrogen) atoms. The van der Waals surface area contributed by atoms with Crippen molar-refractivity contribution < 1.29 is 14.4 Å². The van der Waals surface area contributed by atoms with Gasteiger partial charge in [-0.25, -0.2) is 4.79 Å². The van der Waals surface area contributed by atoms with Crippen LogP contribution in [0.1, 0.15) is 45.1 Å². The number of aryl methyl sites for hydroxylation is 2. The quantitative estimate of drug-likeness (QED) is 0.739. The van der Waals surface area contributed by atoms with Crippen molar-refractivity contribution in [2.24, 2.45) is 0 Å². The average molecular weight is 269 g/mol. The number of aromatic nitrogens is 1. The summed E-state index contributed by atoms with van der Waals surface area (Å²) in [4.78, 5) is 12.0.